The lowest BCUT2D eigenvalue weighted by Gasteiger charge is -2.35. The molecular weight excluding hydrogens is 310 g/mol. The summed E-state index contributed by atoms with van der Waals surface area (Å²) in [5, 5.41) is 11.5. The van der Waals surface area contributed by atoms with Crippen LogP contribution in [0.15, 0.2) is 29.8 Å². The third-order valence-corrected chi connectivity index (χ3v) is 4.53. The molecule has 0 atom stereocenters. The summed E-state index contributed by atoms with van der Waals surface area (Å²) < 4.78 is 0. The fourth-order valence-electron chi connectivity index (χ4n) is 2.29. The molecular formula is C14H14ClN3O2S. The Morgan fingerprint density at radius 3 is 2.62 bits per heavy atom. The Hall–Kier alpha value is -1.79. The molecule has 0 unspecified atom stereocenters. The van der Waals surface area contributed by atoms with Crippen LogP contribution in [-0.2, 0) is 0 Å². The summed E-state index contributed by atoms with van der Waals surface area (Å²) >= 11 is 7.10. The Balaban J connectivity index is 1.62. The second-order valence-electron chi connectivity index (χ2n) is 4.78. The monoisotopic (exact) mass is 323 g/mol. The minimum atomic E-state index is -0.0241. The number of hydrogen-bond acceptors (Lipinski definition) is 5. The number of rotatable bonds is 2. The van der Waals surface area contributed by atoms with Crippen molar-refractivity contribution in [2.75, 3.05) is 31.1 Å². The van der Waals surface area contributed by atoms with Crippen LogP contribution in [-0.4, -0.2) is 47.1 Å². The van der Waals surface area contributed by atoms with Crippen LogP contribution < -0.4 is 4.90 Å². The number of pyridine rings is 1. The molecule has 0 spiro atoms. The van der Waals surface area contributed by atoms with Gasteiger partial charge in [-0.3, -0.25) is 4.79 Å². The van der Waals surface area contributed by atoms with Crippen molar-refractivity contribution in [1.82, 2.24) is 9.88 Å². The largest absolute Gasteiger partial charge is 0.507 e. The standard InChI is InChI=1S/C14H14ClN3O2S/c15-10-1-2-13(16-8-10)17-3-5-18(6-4-17)14(20)12-7-11(19)9-21-12/h1-2,7-9,19H,3-6H2. The highest BCUT2D eigenvalue weighted by Gasteiger charge is 2.23. The van der Waals surface area contributed by atoms with E-state index in [-0.39, 0.29) is 11.7 Å². The smallest absolute Gasteiger partial charge is 0.264 e. The predicted molar refractivity (Wildman–Crippen MR) is 83.3 cm³/mol. The molecule has 1 aliphatic rings. The summed E-state index contributed by atoms with van der Waals surface area (Å²) in [4.78, 5) is 21.1. The van der Waals surface area contributed by atoms with Crippen molar-refractivity contribution in [3.63, 3.8) is 0 Å². The van der Waals surface area contributed by atoms with Crippen LogP contribution in [0.5, 0.6) is 5.75 Å². The summed E-state index contributed by atoms with van der Waals surface area (Å²) in [5.41, 5.74) is 0. The maximum absolute atomic E-state index is 12.3. The number of halogens is 1. The van der Waals surface area contributed by atoms with Crippen molar-refractivity contribution < 1.29 is 9.90 Å². The van der Waals surface area contributed by atoms with Gasteiger partial charge in [-0.25, -0.2) is 4.98 Å². The van der Waals surface area contributed by atoms with E-state index in [0.717, 1.165) is 18.9 Å². The van der Waals surface area contributed by atoms with E-state index >= 15 is 0 Å². The first-order chi connectivity index (χ1) is 10.1. The van der Waals surface area contributed by atoms with Crippen LogP contribution in [0.3, 0.4) is 0 Å². The number of carbonyl (C=O) groups is 1. The highest BCUT2D eigenvalue weighted by Crippen LogP contribution is 2.22. The zero-order valence-corrected chi connectivity index (χ0v) is 12.8. The van der Waals surface area contributed by atoms with Crippen LogP contribution >= 0.6 is 22.9 Å². The average Bonchev–Trinajstić information content (AvgIpc) is 2.94. The van der Waals surface area contributed by atoms with E-state index in [4.69, 9.17) is 11.6 Å². The molecule has 2 aromatic rings. The number of nitrogens with zero attached hydrogens (tertiary/aromatic N) is 3. The second kappa shape index (κ2) is 5.91. The van der Waals surface area contributed by atoms with E-state index in [9.17, 15) is 9.90 Å². The minimum absolute atomic E-state index is 0.0241. The number of amides is 1. The quantitative estimate of drug-likeness (QED) is 0.922. The predicted octanol–water partition coefficient (Wildman–Crippen LogP) is 2.46. The SMILES string of the molecule is O=C(c1cc(O)cs1)N1CCN(c2ccc(Cl)cn2)CC1. The molecule has 5 nitrogen and oxygen atoms in total. The molecule has 1 aliphatic heterocycles. The Kier molecular flexibility index (Phi) is 3.98. The number of aromatic hydroxyl groups is 1. The van der Waals surface area contributed by atoms with Crippen molar-refractivity contribution in [2.45, 2.75) is 0 Å². The van der Waals surface area contributed by atoms with E-state index in [1.54, 1.807) is 16.5 Å². The van der Waals surface area contributed by atoms with Gasteiger partial charge in [-0.2, -0.15) is 0 Å². The first-order valence-corrected chi connectivity index (χ1v) is 7.82. The number of anilines is 1. The zero-order valence-electron chi connectivity index (χ0n) is 11.2. The van der Waals surface area contributed by atoms with Crippen molar-refractivity contribution in [1.29, 1.82) is 0 Å². The van der Waals surface area contributed by atoms with E-state index in [1.165, 1.54) is 17.4 Å². The van der Waals surface area contributed by atoms with Gasteiger partial charge in [-0.15, -0.1) is 11.3 Å². The lowest BCUT2D eigenvalue weighted by molar-refractivity contribution is 0.0751. The normalized spacial score (nSPS) is 15.3. The van der Waals surface area contributed by atoms with Crippen LogP contribution in [0.4, 0.5) is 5.82 Å². The maximum atomic E-state index is 12.3. The molecule has 1 saturated heterocycles. The topological polar surface area (TPSA) is 56.7 Å². The second-order valence-corrected chi connectivity index (χ2v) is 6.13. The molecule has 0 saturated carbocycles. The molecule has 1 amide bonds. The maximum Gasteiger partial charge on any atom is 0.264 e. The van der Waals surface area contributed by atoms with Crippen molar-refractivity contribution in [3.8, 4) is 5.75 Å². The summed E-state index contributed by atoms with van der Waals surface area (Å²) in [7, 11) is 0. The molecule has 2 aromatic heterocycles. The minimum Gasteiger partial charge on any atom is -0.507 e. The number of aromatic nitrogens is 1. The summed E-state index contributed by atoms with van der Waals surface area (Å²) in [6.07, 6.45) is 1.63. The van der Waals surface area contributed by atoms with Crippen LogP contribution in [0.1, 0.15) is 9.67 Å². The van der Waals surface area contributed by atoms with Gasteiger partial charge in [-0.05, 0) is 12.1 Å². The fourth-order valence-corrected chi connectivity index (χ4v) is 3.13. The molecule has 110 valence electrons. The van der Waals surface area contributed by atoms with Gasteiger partial charge in [0.15, 0.2) is 0 Å². The molecule has 3 rings (SSSR count). The van der Waals surface area contributed by atoms with E-state index in [2.05, 4.69) is 9.88 Å². The first-order valence-electron chi connectivity index (χ1n) is 6.57. The van der Waals surface area contributed by atoms with Crippen LogP contribution in [0.25, 0.3) is 0 Å². The third-order valence-electron chi connectivity index (χ3n) is 3.40. The number of hydrogen-bond donors (Lipinski definition) is 1. The lowest BCUT2D eigenvalue weighted by Crippen LogP contribution is -2.48. The van der Waals surface area contributed by atoms with Gasteiger partial charge in [-0.1, -0.05) is 11.6 Å². The van der Waals surface area contributed by atoms with Crippen molar-refractivity contribution in [3.05, 3.63) is 39.7 Å². The molecule has 1 fully saturated rings. The van der Waals surface area contributed by atoms with Gasteiger partial charge in [0.2, 0.25) is 0 Å². The Bertz CT molecular complexity index is 636. The Labute approximate surface area is 131 Å². The molecule has 0 radical (unpaired) electrons. The van der Waals surface area contributed by atoms with Crippen molar-refractivity contribution >= 4 is 34.7 Å². The molecule has 21 heavy (non-hydrogen) atoms. The highest BCUT2D eigenvalue weighted by molar-refractivity contribution is 7.12. The number of thiophene rings is 1. The highest BCUT2D eigenvalue weighted by atomic mass is 35.5. The van der Waals surface area contributed by atoms with E-state index in [1.807, 2.05) is 12.1 Å². The van der Waals surface area contributed by atoms with Crippen molar-refractivity contribution in [2.24, 2.45) is 0 Å². The molecule has 1 N–H and O–H groups in total. The number of carbonyl (C=O) groups excluding carboxylic acids is 1. The Morgan fingerprint density at radius 1 is 1.29 bits per heavy atom. The molecule has 0 aromatic carbocycles. The van der Waals surface area contributed by atoms with Crippen LogP contribution in [0.2, 0.25) is 5.02 Å². The average molecular weight is 324 g/mol. The van der Waals surface area contributed by atoms with Gasteiger partial charge in [0.1, 0.15) is 11.6 Å². The molecule has 0 aliphatic carbocycles. The van der Waals surface area contributed by atoms with Gasteiger partial charge in [0.25, 0.3) is 5.91 Å². The van der Waals surface area contributed by atoms with E-state index < -0.39 is 0 Å². The summed E-state index contributed by atoms with van der Waals surface area (Å²) in [6, 6.07) is 5.22. The van der Waals surface area contributed by atoms with Gasteiger partial charge < -0.3 is 14.9 Å². The third kappa shape index (κ3) is 3.11. The summed E-state index contributed by atoms with van der Waals surface area (Å²) in [5.74, 6) is 0.997. The molecule has 7 heteroatoms. The lowest BCUT2D eigenvalue weighted by atomic mass is 10.3. The fraction of sp³-hybridized carbons (Fsp3) is 0.286. The zero-order chi connectivity index (χ0) is 14.8. The molecule has 3 heterocycles. The summed E-state index contributed by atoms with van der Waals surface area (Å²) in [6.45, 7) is 2.75. The number of piperazine rings is 1. The first kappa shape index (κ1) is 14.2. The van der Waals surface area contributed by atoms with Gasteiger partial charge >= 0.3 is 0 Å². The molecule has 0 bridgehead atoms. The van der Waals surface area contributed by atoms with Crippen LogP contribution in [0, 0.1) is 0 Å². The van der Waals surface area contributed by atoms with Gasteiger partial charge in [0, 0.05) is 43.8 Å². The van der Waals surface area contributed by atoms with Gasteiger partial charge in [0.05, 0.1) is 9.90 Å². The van der Waals surface area contributed by atoms with E-state index in [0.29, 0.717) is 23.0 Å². The Morgan fingerprint density at radius 2 is 2.05 bits per heavy atom.